The maximum absolute atomic E-state index is 8.48. The number of amidine groups is 1. The summed E-state index contributed by atoms with van der Waals surface area (Å²) >= 11 is 0. The Balaban J connectivity index is 2.51. The van der Waals surface area contributed by atoms with Crippen molar-refractivity contribution in [3.05, 3.63) is 0 Å². The molecule has 1 fully saturated rings. The summed E-state index contributed by atoms with van der Waals surface area (Å²) in [5.74, 6) is 0.158. The topological polar surface area (TPSA) is 71.1 Å². The van der Waals surface area contributed by atoms with Crippen LogP contribution in [0.2, 0.25) is 0 Å². The largest absolute Gasteiger partial charge is 0.409 e. The quantitative estimate of drug-likeness (QED) is 0.273. The Morgan fingerprint density at radius 2 is 2.38 bits per heavy atom. The third kappa shape index (κ3) is 2.57. The maximum Gasteiger partial charge on any atom is 0.169 e. The fraction of sp³-hybridized carbons (Fsp3) is 0.875. The average Bonchev–Trinajstić information content (AvgIpc) is 2.17. The van der Waals surface area contributed by atoms with Crippen LogP contribution in [0.4, 0.5) is 0 Å². The number of oxime groups is 1. The van der Waals surface area contributed by atoms with Crippen LogP contribution in [0, 0.1) is 0 Å². The summed E-state index contributed by atoms with van der Waals surface area (Å²) in [6.45, 7) is 6.49. The fourth-order valence-corrected chi connectivity index (χ4v) is 1.38. The lowest BCUT2D eigenvalue weighted by molar-refractivity contribution is -0.00726. The standard InChI is InChI=1S/C8H17N3O2/c1-6(2)11-3-4-13-7(5-11)8(9)10-12/h6-7,12H,3-5H2,1-2H3,(H2,9,10). The molecule has 1 aliphatic heterocycles. The van der Waals surface area contributed by atoms with Crippen molar-refractivity contribution in [2.24, 2.45) is 10.9 Å². The molecular formula is C8H17N3O2. The average molecular weight is 187 g/mol. The van der Waals surface area contributed by atoms with Gasteiger partial charge in [-0.15, -0.1) is 0 Å². The van der Waals surface area contributed by atoms with Gasteiger partial charge < -0.3 is 15.7 Å². The lowest BCUT2D eigenvalue weighted by Crippen LogP contribution is -2.50. The number of hydrogen-bond acceptors (Lipinski definition) is 4. The Bertz CT molecular complexity index is 194. The monoisotopic (exact) mass is 187 g/mol. The van der Waals surface area contributed by atoms with Crippen LogP contribution >= 0.6 is 0 Å². The molecule has 0 bridgehead atoms. The number of nitrogens with zero attached hydrogens (tertiary/aromatic N) is 2. The van der Waals surface area contributed by atoms with Crippen LogP contribution in [-0.2, 0) is 4.74 Å². The van der Waals surface area contributed by atoms with Crippen molar-refractivity contribution < 1.29 is 9.94 Å². The molecule has 0 radical (unpaired) electrons. The molecule has 0 aromatic heterocycles. The van der Waals surface area contributed by atoms with E-state index in [4.69, 9.17) is 15.7 Å². The lowest BCUT2D eigenvalue weighted by atomic mass is 10.2. The van der Waals surface area contributed by atoms with E-state index in [0.717, 1.165) is 6.54 Å². The molecule has 0 spiro atoms. The SMILES string of the molecule is CC(C)N1CCOC(C(N)=NO)C1. The molecule has 3 N–H and O–H groups in total. The minimum Gasteiger partial charge on any atom is -0.409 e. The van der Waals surface area contributed by atoms with Crippen molar-refractivity contribution in [1.29, 1.82) is 0 Å². The summed E-state index contributed by atoms with van der Waals surface area (Å²) in [7, 11) is 0. The maximum atomic E-state index is 8.48. The van der Waals surface area contributed by atoms with E-state index in [0.29, 0.717) is 19.2 Å². The van der Waals surface area contributed by atoms with Gasteiger partial charge in [0.05, 0.1) is 6.61 Å². The highest BCUT2D eigenvalue weighted by Crippen LogP contribution is 2.08. The Kier molecular flexibility index (Phi) is 3.50. The Hall–Kier alpha value is -0.810. The van der Waals surface area contributed by atoms with Gasteiger partial charge in [-0.25, -0.2) is 0 Å². The van der Waals surface area contributed by atoms with Gasteiger partial charge in [0.1, 0.15) is 6.10 Å². The van der Waals surface area contributed by atoms with Crippen molar-refractivity contribution in [1.82, 2.24) is 4.90 Å². The zero-order valence-electron chi connectivity index (χ0n) is 8.10. The second-order valence-electron chi connectivity index (χ2n) is 3.47. The molecule has 1 atom stereocenters. The van der Waals surface area contributed by atoms with E-state index in [1.54, 1.807) is 0 Å². The molecule has 76 valence electrons. The highest BCUT2D eigenvalue weighted by atomic mass is 16.5. The first-order valence-electron chi connectivity index (χ1n) is 4.48. The summed E-state index contributed by atoms with van der Waals surface area (Å²) in [5, 5.41) is 11.4. The van der Waals surface area contributed by atoms with Crippen LogP contribution in [0.15, 0.2) is 5.16 Å². The molecule has 1 heterocycles. The van der Waals surface area contributed by atoms with Crippen LogP contribution in [-0.4, -0.2) is 47.8 Å². The lowest BCUT2D eigenvalue weighted by Gasteiger charge is -2.34. The Morgan fingerprint density at radius 3 is 2.92 bits per heavy atom. The number of ether oxygens (including phenoxy) is 1. The van der Waals surface area contributed by atoms with Gasteiger partial charge in [-0.3, -0.25) is 4.90 Å². The van der Waals surface area contributed by atoms with Crippen molar-refractivity contribution in [3.63, 3.8) is 0 Å². The molecule has 5 heteroatoms. The third-order valence-corrected chi connectivity index (χ3v) is 2.27. The molecule has 0 aromatic carbocycles. The van der Waals surface area contributed by atoms with Gasteiger partial charge in [0, 0.05) is 19.1 Å². The zero-order valence-corrected chi connectivity index (χ0v) is 8.10. The predicted octanol–water partition coefficient (Wildman–Crippen LogP) is -0.158. The Morgan fingerprint density at radius 1 is 1.69 bits per heavy atom. The van der Waals surface area contributed by atoms with Crippen molar-refractivity contribution in [2.45, 2.75) is 26.0 Å². The fourth-order valence-electron chi connectivity index (χ4n) is 1.38. The van der Waals surface area contributed by atoms with E-state index in [1.807, 2.05) is 0 Å². The van der Waals surface area contributed by atoms with Crippen LogP contribution in [0.25, 0.3) is 0 Å². The summed E-state index contributed by atoms with van der Waals surface area (Å²) < 4.78 is 5.35. The third-order valence-electron chi connectivity index (χ3n) is 2.27. The van der Waals surface area contributed by atoms with Gasteiger partial charge in [0.25, 0.3) is 0 Å². The molecule has 1 saturated heterocycles. The molecule has 13 heavy (non-hydrogen) atoms. The van der Waals surface area contributed by atoms with Crippen molar-refractivity contribution >= 4 is 5.84 Å². The van der Waals surface area contributed by atoms with E-state index in [1.165, 1.54) is 0 Å². The molecule has 1 rings (SSSR count). The van der Waals surface area contributed by atoms with Gasteiger partial charge in [0.2, 0.25) is 0 Å². The minimum absolute atomic E-state index is 0.158. The first-order valence-corrected chi connectivity index (χ1v) is 4.48. The molecule has 0 aromatic rings. The summed E-state index contributed by atoms with van der Waals surface area (Å²) in [4.78, 5) is 2.24. The number of morpholine rings is 1. The van der Waals surface area contributed by atoms with Crippen LogP contribution < -0.4 is 5.73 Å². The first kappa shape index (κ1) is 10.3. The smallest absolute Gasteiger partial charge is 0.169 e. The predicted molar refractivity (Wildman–Crippen MR) is 49.9 cm³/mol. The summed E-state index contributed by atoms with van der Waals surface area (Å²) in [6.07, 6.45) is -0.263. The normalized spacial score (nSPS) is 26.7. The van der Waals surface area contributed by atoms with E-state index in [2.05, 4.69) is 23.9 Å². The van der Waals surface area contributed by atoms with E-state index < -0.39 is 0 Å². The molecule has 5 nitrogen and oxygen atoms in total. The molecule has 1 unspecified atom stereocenters. The highest BCUT2D eigenvalue weighted by molar-refractivity contribution is 5.84. The van der Waals surface area contributed by atoms with Crippen LogP contribution in [0.5, 0.6) is 0 Å². The molecule has 0 aliphatic carbocycles. The number of rotatable bonds is 2. The zero-order chi connectivity index (χ0) is 9.84. The van der Waals surface area contributed by atoms with Gasteiger partial charge >= 0.3 is 0 Å². The van der Waals surface area contributed by atoms with Gasteiger partial charge in [0.15, 0.2) is 5.84 Å². The molecule has 0 amide bonds. The molecule has 0 saturated carbocycles. The van der Waals surface area contributed by atoms with Crippen LogP contribution in [0.1, 0.15) is 13.8 Å². The van der Waals surface area contributed by atoms with E-state index in [9.17, 15) is 0 Å². The van der Waals surface area contributed by atoms with Crippen molar-refractivity contribution in [3.8, 4) is 0 Å². The molecular weight excluding hydrogens is 170 g/mol. The summed E-state index contributed by atoms with van der Waals surface area (Å²) in [5.41, 5.74) is 5.46. The first-order chi connectivity index (χ1) is 6.15. The number of nitrogens with two attached hydrogens (primary N) is 1. The second kappa shape index (κ2) is 4.43. The van der Waals surface area contributed by atoms with Gasteiger partial charge in [-0.2, -0.15) is 0 Å². The van der Waals surface area contributed by atoms with Crippen molar-refractivity contribution in [2.75, 3.05) is 19.7 Å². The van der Waals surface area contributed by atoms with Gasteiger partial charge in [-0.1, -0.05) is 5.16 Å². The van der Waals surface area contributed by atoms with E-state index in [-0.39, 0.29) is 11.9 Å². The summed E-state index contributed by atoms with van der Waals surface area (Å²) in [6, 6.07) is 0.470. The minimum atomic E-state index is -0.263. The second-order valence-corrected chi connectivity index (χ2v) is 3.47. The number of hydrogen-bond donors (Lipinski definition) is 2. The highest BCUT2D eigenvalue weighted by Gasteiger charge is 2.24. The van der Waals surface area contributed by atoms with Gasteiger partial charge in [-0.05, 0) is 13.8 Å². The molecule has 1 aliphatic rings. The van der Waals surface area contributed by atoms with E-state index >= 15 is 0 Å². The van der Waals surface area contributed by atoms with Crippen LogP contribution in [0.3, 0.4) is 0 Å². The Labute approximate surface area is 78.1 Å².